The van der Waals surface area contributed by atoms with Crippen molar-refractivity contribution in [3.63, 3.8) is 0 Å². The second-order valence-corrected chi connectivity index (χ2v) is 9.33. The first-order chi connectivity index (χ1) is 15.2. The Morgan fingerprint density at radius 3 is 2.56 bits per heavy atom. The average molecular weight is 434 g/mol. The van der Waals surface area contributed by atoms with E-state index in [2.05, 4.69) is 48.6 Å². The molecule has 0 radical (unpaired) electrons. The highest BCUT2D eigenvalue weighted by Gasteiger charge is 2.46. The van der Waals surface area contributed by atoms with Gasteiger partial charge in [-0.3, -0.25) is 19.9 Å². The van der Waals surface area contributed by atoms with Gasteiger partial charge in [0.2, 0.25) is 0 Å². The van der Waals surface area contributed by atoms with Crippen LogP contribution >= 0.6 is 0 Å². The minimum Gasteiger partial charge on any atom is -0.356 e. The van der Waals surface area contributed by atoms with Gasteiger partial charge in [0.15, 0.2) is 5.96 Å². The fourth-order valence-corrected chi connectivity index (χ4v) is 3.83. The molecule has 2 heterocycles. The van der Waals surface area contributed by atoms with Gasteiger partial charge < -0.3 is 15.5 Å². The Balaban J connectivity index is 1.52. The summed E-state index contributed by atoms with van der Waals surface area (Å²) in [6.07, 6.45) is 0.972. The molecule has 1 fully saturated rings. The smallest absolute Gasteiger partial charge is 0.257 e. The Morgan fingerprint density at radius 2 is 1.91 bits per heavy atom. The second kappa shape index (κ2) is 8.65. The quantitative estimate of drug-likeness (QED) is 0.625. The zero-order valence-electron chi connectivity index (χ0n) is 19.2. The van der Waals surface area contributed by atoms with Gasteiger partial charge in [-0.2, -0.15) is 0 Å². The number of nitrogens with zero attached hydrogens (tertiary/aromatic N) is 2. The summed E-state index contributed by atoms with van der Waals surface area (Å²) in [5.41, 5.74) is 3.99. The summed E-state index contributed by atoms with van der Waals surface area (Å²) in [6, 6.07) is 13.2. The van der Waals surface area contributed by atoms with E-state index >= 15 is 0 Å². The highest BCUT2D eigenvalue weighted by atomic mass is 16.2. The number of amides is 2. The second-order valence-electron chi connectivity index (χ2n) is 9.33. The van der Waals surface area contributed by atoms with Crippen molar-refractivity contribution in [3.8, 4) is 0 Å². The van der Waals surface area contributed by atoms with Crippen LogP contribution in [0.25, 0.3) is 0 Å². The number of nitrogens with one attached hydrogen (secondary N) is 3. The molecule has 2 aromatic rings. The normalized spacial score (nSPS) is 16.8. The molecule has 168 valence electrons. The Kier molecular flexibility index (Phi) is 5.91. The summed E-state index contributed by atoms with van der Waals surface area (Å²) in [4.78, 5) is 31.6. The summed E-state index contributed by atoms with van der Waals surface area (Å²) >= 11 is 0. The van der Waals surface area contributed by atoms with E-state index in [9.17, 15) is 9.59 Å². The van der Waals surface area contributed by atoms with E-state index in [0.29, 0.717) is 17.1 Å². The Hall–Kier alpha value is -3.35. The number of hydrogen-bond donors (Lipinski definition) is 3. The lowest BCUT2D eigenvalue weighted by molar-refractivity contribution is 0.0860. The van der Waals surface area contributed by atoms with E-state index in [0.717, 1.165) is 43.0 Å². The van der Waals surface area contributed by atoms with Crippen molar-refractivity contribution in [3.05, 3.63) is 59.2 Å². The van der Waals surface area contributed by atoms with Gasteiger partial charge in [0.25, 0.3) is 11.8 Å². The van der Waals surface area contributed by atoms with Gasteiger partial charge in [0.1, 0.15) is 0 Å². The molecule has 7 nitrogen and oxygen atoms in total. The zero-order chi connectivity index (χ0) is 22.9. The van der Waals surface area contributed by atoms with Crippen molar-refractivity contribution in [1.29, 1.82) is 0 Å². The maximum Gasteiger partial charge on any atom is 0.257 e. The highest BCUT2D eigenvalue weighted by molar-refractivity contribution is 6.06. The first kappa shape index (κ1) is 21.9. The number of carbonyl (C=O) groups is 2. The van der Waals surface area contributed by atoms with E-state index in [1.54, 1.807) is 6.07 Å². The lowest BCUT2D eigenvalue weighted by Gasteiger charge is -2.18. The molecule has 2 aliphatic rings. The lowest BCUT2D eigenvalue weighted by atomic mass is 9.98. The number of carbonyl (C=O) groups excluding carboxylic acids is 2. The molecule has 0 spiro atoms. The van der Waals surface area contributed by atoms with Gasteiger partial charge in [0.05, 0.1) is 5.54 Å². The predicted octanol–water partition coefficient (Wildman–Crippen LogP) is 3.87. The summed E-state index contributed by atoms with van der Waals surface area (Å²) in [6.45, 7) is 10.6. The van der Waals surface area contributed by atoms with Crippen molar-refractivity contribution in [2.75, 3.05) is 25.0 Å². The van der Waals surface area contributed by atoms with Crippen LogP contribution < -0.4 is 16.0 Å². The van der Waals surface area contributed by atoms with Crippen molar-refractivity contribution in [2.24, 2.45) is 4.99 Å². The Labute approximate surface area is 189 Å². The van der Waals surface area contributed by atoms with E-state index in [4.69, 9.17) is 0 Å². The molecule has 0 aliphatic carbocycles. The number of rotatable bonds is 5. The van der Waals surface area contributed by atoms with Gasteiger partial charge in [-0.25, -0.2) is 0 Å². The molecular formula is C25H31N5O2. The van der Waals surface area contributed by atoms with E-state index < -0.39 is 0 Å². The molecule has 32 heavy (non-hydrogen) atoms. The maximum atomic E-state index is 12.7. The molecule has 0 bridgehead atoms. The van der Waals surface area contributed by atoms with Gasteiger partial charge in [-0.05, 0) is 68.1 Å². The Morgan fingerprint density at radius 1 is 1.12 bits per heavy atom. The first-order valence-corrected chi connectivity index (χ1v) is 11.2. The molecule has 7 heteroatoms. The van der Waals surface area contributed by atoms with Crippen LogP contribution in [0, 0.1) is 0 Å². The number of anilines is 2. The van der Waals surface area contributed by atoms with E-state index in [-0.39, 0.29) is 23.3 Å². The fraction of sp³-hybridized carbons (Fsp3) is 0.400. The predicted molar refractivity (Wildman–Crippen MR) is 128 cm³/mol. The number of aliphatic imine (C=N–C) groups is 1. The fourth-order valence-electron chi connectivity index (χ4n) is 3.83. The molecule has 4 rings (SSSR count). The third kappa shape index (κ3) is 4.77. The number of benzene rings is 2. The standard InChI is InChI=1S/C25H31N5O2/c1-16(2)20-14-17(22(31)29-24-26-11-6-12-27-24)9-10-21(20)28-19-8-5-7-18(13-19)23(32)30-15-25(30,3)4/h5,7-10,13-14,16,28H,6,11-12,15H2,1-4H3,(H2,26,27,29,31). The Bertz CT molecular complexity index is 1070. The molecule has 0 atom stereocenters. The van der Waals surface area contributed by atoms with Crippen LogP contribution in [0.2, 0.25) is 0 Å². The average Bonchev–Trinajstić information content (AvgIpc) is 3.42. The summed E-state index contributed by atoms with van der Waals surface area (Å²) in [5, 5.41) is 9.40. The minimum atomic E-state index is -0.180. The van der Waals surface area contributed by atoms with E-state index in [1.165, 1.54) is 0 Å². The highest BCUT2D eigenvalue weighted by Crippen LogP contribution is 2.33. The molecule has 0 unspecified atom stereocenters. The maximum absolute atomic E-state index is 12.7. The minimum absolute atomic E-state index is 0.0500. The van der Waals surface area contributed by atoms with Crippen molar-refractivity contribution in [2.45, 2.75) is 45.6 Å². The number of hydrogen-bond acceptors (Lipinski definition) is 5. The third-order valence-corrected chi connectivity index (χ3v) is 5.87. The van der Waals surface area contributed by atoms with E-state index in [1.807, 2.05) is 41.3 Å². The lowest BCUT2D eigenvalue weighted by Crippen LogP contribution is -2.43. The molecule has 2 amide bonds. The molecule has 1 saturated heterocycles. The van der Waals surface area contributed by atoms with Crippen LogP contribution in [-0.4, -0.2) is 47.8 Å². The van der Waals surface area contributed by atoms with Gasteiger partial charge in [0, 0.05) is 42.1 Å². The van der Waals surface area contributed by atoms with Crippen molar-refractivity contribution in [1.82, 2.24) is 15.5 Å². The van der Waals surface area contributed by atoms with Crippen LogP contribution in [0.4, 0.5) is 11.4 Å². The van der Waals surface area contributed by atoms with Crippen LogP contribution in [-0.2, 0) is 0 Å². The third-order valence-electron chi connectivity index (χ3n) is 5.87. The van der Waals surface area contributed by atoms with Crippen LogP contribution in [0.1, 0.15) is 66.3 Å². The zero-order valence-corrected chi connectivity index (χ0v) is 19.2. The molecule has 3 N–H and O–H groups in total. The number of guanidine groups is 1. The van der Waals surface area contributed by atoms with Gasteiger partial charge in [-0.15, -0.1) is 0 Å². The molecule has 2 aliphatic heterocycles. The molecular weight excluding hydrogens is 402 g/mol. The van der Waals surface area contributed by atoms with Crippen LogP contribution in [0.5, 0.6) is 0 Å². The largest absolute Gasteiger partial charge is 0.356 e. The summed E-state index contributed by atoms with van der Waals surface area (Å²) in [5.74, 6) is 0.610. The molecule has 0 saturated carbocycles. The topological polar surface area (TPSA) is 85.6 Å². The SMILES string of the molecule is CC(C)c1cc(C(=O)NC2=NCCCN2)ccc1Nc1cccc(C(=O)N2CC2(C)C)c1. The van der Waals surface area contributed by atoms with Crippen molar-refractivity contribution < 1.29 is 9.59 Å². The monoisotopic (exact) mass is 433 g/mol. The molecule has 0 aromatic heterocycles. The summed E-state index contributed by atoms with van der Waals surface area (Å²) in [7, 11) is 0. The molecule has 2 aromatic carbocycles. The first-order valence-electron chi connectivity index (χ1n) is 11.2. The van der Waals surface area contributed by atoms with Crippen LogP contribution in [0.15, 0.2) is 47.5 Å². The van der Waals surface area contributed by atoms with Gasteiger partial charge >= 0.3 is 0 Å². The summed E-state index contributed by atoms with van der Waals surface area (Å²) < 4.78 is 0. The van der Waals surface area contributed by atoms with Crippen molar-refractivity contribution >= 4 is 29.1 Å². The van der Waals surface area contributed by atoms with Gasteiger partial charge in [-0.1, -0.05) is 19.9 Å². The van der Waals surface area contributed by atoms with Crippen LogP contribution in [0.3, 0.4) is 0 Å².